The number of benzene rings is 3. The van der Waals surface area contributed by atoms with E-state index >= 15 is 0 Å². The summed E-state index contributed by atoms with van der Waals surface area (Å²) in [7, 11) is 0. The molecule has 0 bridgehead atoms. The molecule has 0 aliphatic carbocycles. The summed E-state index contributed by atoms with van der Waals surface area (Å²) in [5.74, 6) is 0. The van der Waals surface area contributed by atoms with Crippen molar-refractivity contribution >= 4 is 45.0 Å². The smallest absolute Gasteiger partial charge is 0.371 e. The predicted molar refractivity (Wildman–Crippen MR) is 168 cm³/mol. The van der Waals surface area contributed by atoms with Crippen molar-refractivity contribution in [3.8, 4) is 11.3 Å². The van der Waals surface area contributed by atoms with Gasteiger partial charge in [0.1, 0.15) is 11.3 Å². The largest absolute Gasteiger partial charge is 0.494 e. The zero-order chi connectivity index (χ0) is 28.5. The van der Waals surface area contributed by atoms with Gasteiger partial charge >= 0.3 is 6.01 Å². The summed E-state index contributed by atoms with van der Waals surface area (Å²) in [5, 5.41) is 2.38. The Labute approximate surface area is 260 Å². The van der Waals surface area contributed by atoms with Gasteiger partial charge in [0.15, 0.2) is 6.04 Å². The van der Waals surface area contributed by atoms with Crippen LogP contribution < -0.4 is 4.58 Å². The molecule has 0 saturated carbocycles. The van der Waals surface area contributed by atoms with E-state index in [9.17, 15) is 0 Å². The van der Waals surface area contributed by atoms with E-state index in [4.69, 9.17) is 4.98 Å². The van der Waals surface area contributed by atoms with Gasteiger partial charge in [0.2, 0.25) is 0 Å². The zero-order valence-electron chi connectivity index (χ0n) is 24.5. The molecular weight excluding hydrogens is 695 g/mol. The molecule has 1 radical (unpaired) electrons. The van der Waals surface area contributed by atoms with Gasteiger partial charge < -0.3 is 9.55 Å². The van der Waals surface area contributed by atoms with E-state index in [0.717, 1.165) is 33.8 Å². The molecule has 6 aromatic rings. The molecule has 7 rings (SSSR count). The fraction of sp³-hybridized carbons (Fsp3) is 0.194. The maximum Gasteiger partial charge on any atom is 0.494 e. The molecule has 0 amide bonds. The third kappa shape index (κ3) is 5.37. The van der Waals surface area contributed by atoms with Gasteiger partial charge in [0.25, 0.3) is 11.4 Å². The van der Waals surface area contributed by atoms with Crippen LogP contribution in [-0.2, 0) is 20.1 Å². The van der Waals surface area contributed by atoms with Gasteiger partial charge in [0.05, 0.1) is 0 Å². The molecule has 0 saturated heterocycles. The molecule has 0 spiro atoms. The summed E-state index contributed by atoms with van der Waals surface area (Å²) in [6.07, 6.45) is 3.74. The zero-order valence-corrected chi connectivity index (χ0v) is 26.9. The van der Waals surface area contributed by atoms with Crippen molar-refractivity contribution in [2.75, 3.05) is 0 Å². The Morgan fingerprint density at radius 1 is 0.786 bits per heavy atom. The van der Waals surface area contributed by atoms with Crippen molar-refractivity contribution in [2.45, 2.75) is 46.7 Å². The quantitative estimate of drug-likeness (QED) is 0.135. The van der Waals surface area contributed by atoms with Crippen LogP contribution in [0.4, 0.5) is 17.1 Å². The fourth-order valence-corrected chi connectivity index (χ4v) is 5.33. The Morgan fingerprint density at radius 2 is 1.57 bits per heavy atom. The van der Waals surface area contributed by atoms with E-state index in [-0.39, 0.29) is 26.1 Å². The van der Waals surface area contributed by atoms with Crippen molar-refractivity contribution in [3.63, 3.8) is 0 Å². The Kier molecular flexibility index (Phi) is 8.61. The van der Waals surface area contributed by atoms with Crippen molar-refractivity contribution in [1.82, 2.24) is 19.1 Å². The second-order valence-electron chi connectivity index (χ2n) is 10.8. The van der Waals surface area contributed by atoms with Crippen LogP contribution in [0, 0.1) is 19.1 Å². The number of hydrogen-bond donors (Lipinski definition) is 0. The first-order valence-corrected chi connectivity index (χ1v) is 14.1. The van der Waals surface area contributed by atoms with Gasteiger partial charge in [-0.2, -0.15) is 12.1 Å². The average Bonchev–Trinajstić information content (AvgIpc) is 3.55. The van der Waals surface area contributed by atoms with Crippen molar-refractivity contribution < 1.29 is 24.7 Å². The average molecular weight is 728 g/mol. The van der Waals surface area contributed by atoms with Crippen molar-refractivity contribution in [1.29, 1.82) is 0 Å². The fourth-order valence-electron chi connectivity index (χ4n) is 5.33. The van der Waals surface area contributed by atoms with E-state index in [2.05, 4.69) is 107 Å². The predicted octanol–water partition coefficient (Wildman–Crippen LogP) is 8.50. The first kappa shape index (κ1) is 29.3. The topological polar surface area (TPSA) is 36.7 Å². The number of fused-ring (bicyclic) bond motifs is 4. The third-order valence-corrected chi connectivity index (χ3v) is 7.24. The number of nitrogens with zero attached hydrogens (tertiary/aromatic N) is 5. The van der Waals surface area contributed by atoms with E-state index in [1.165, 1.54) is 22.0 Å². The number of aromatic nitrogens is 3. The van der Waals surface area contributed by atoms with Crippen molar-refractivity contribution in [2.24, 2.45) is 0 Å². The molecule has 6 heteroatoms. The molecule has 1 aliphatic rings. The van der Waals surface area contributed by atoms with Crippen LogP contribution in [0.1, 0.15) is 39.3 Å². The summed E-state index contributed by atoms with van der Waals surface area (Å²) in [6, 6.07) is 39.5. The Balaban J connectivity index is 0.000000212. The van der Waals surface area contributed by atoms with Gasteiger partial charge in [-0.1, -0.05) is 44.9 Å². The Hall–Kier alpha value is -4.21. The third-order valence-electron chi connectivity index (χ3n) is 7.24. The van der Waals surface area contributed by atoms with E-state index in [1.54, 1.807) is 0 Å². The van der Waals surface area contributed by atoms with Crippen molar-refractivity contribution in [3.05, 3.63) is 115 Å². The molecule has 0 atom stereocenters. The Bertz CT molecular complexity index is 1930. The molecule has 1 aliphatic heterocycles. The summed E-state index contributed by atoms with van der Waals surface area (Å²) < 4.78 is 6.66. The monoisotopic (exact) mass is 728 g/mol. The minimum atomic E-state index is 0. The Morgan fingerprint density at radius 3 is 2.26 bits per heavy atom. The SMILES string of the molecule is CC(C)n1c2ncccc2c2cc[c-]c([N+]3=C=[N+](C(C)C)c4ccccc43)c21.Cc1ccc(-c2[c-]cccc2)nc1.[Ir]. The van der Waals surface area contributed by atoms with Gasteiger partial charge in [-0.25, -0.2) is 4.98 Å². The van der Waals surface area contributed by atoms with Gasteiger partial charge in [0, 0.05) is 61.6 Å². The van der Waals surface area contributed by atoms with Crippen LogP contribution in [0.5, 0.6) is 0 Å². The van der Waals surface area contributed by atoms with E-state index < -0.39 is 0 Å². The molecule has 3 aromatic heterocycles. The molecule has 211 valence electrons. The number of hydrogen-bond acceptors (Lipinski definition) is 2. The van der Waals surface area contributed by atoms with Crippen LogP contribution in [0.3, 0.4) is 0 Å². The minimum absolute atomic E-state index is 0. The maximum atomic E-state index is 4.69. The second-order valence-corrected chi connectivity index (χ2v) is 10.8. The molecule has 5 nitrogen and oxygen atoms in total. The molecule has 42 heavy (non-hydrogen) atoms. The number of pyridine rings is 2. The standard InChI is InChI=1S/C24H23N4.C12H10N.Ir/c1-16(2)26-15-27(21-12-6-5-11-20(21)26)22-13-7-9-18-19-10-8-14-25-24(19)28(17(3)4)23(18)22;1-10-7-8-12(13-9-10)11-5-3-2-4-6-11;/h5-12,14,16-17H,1-4H3;2-5,7-9H,1H3;/q+1;-1;. The number of rotatable bonds is 4. The molecular formula is C36H33IrN5. The van der Waals surface area contributed by atoms with Gasteiger partial charge in [-0.05, 0) is 51.9 Å². The first-order valence-electron chi connectivity index (χ1n) is 14.1. The maximum absolute atomic E-state index is 4.69. The summed E-state index contributed by atoms with van der Waals surface area (Å²) in [4.78, 5) is 9.01. The van der Waals surface area contributed by atoms with Crippen LogP contribution >= 0.6 is 0 Å². The van der Waals surface area contributed by atoms with Gasteiger partial charge in [-0.3, -0.25) is 0 Å². The van der Waals surface area contributed by atoms with Crippen LogP contribution in [0.2, 0.25) is 0 Å². The van der Waals surface area contributed by atoms with Crippen LogP contribution in [-0.4, -0.2) is 31.2 Å². The molecule has 3 aromatic carbocycles. The van der Waals surface area contributed by atoms with E-state index in [0.29, 0.717) is 6.04 Å². The van der Waals surface area contributed by atoms with Crippen LogP contribution in [0.15, 0.2) is 97.3 Å². The second kappa shape index (κ2) is 12.3. The number of para-hydroxylation sites is 2. The summed E-state index contributed by atoms with van der Waals surface area (Å²) >= 11 is 0. The normalized spacial score (nSPS) is 12.1. The molecule has 0 unspecified atom stereocenters. The molecule has 0 fully saturated rings. The van der Waals surface area contributed by atoms with E-state index in [1.807, 2.05) is 61.8 Å². The molecule has 0 N–H and O–H groups in total. The number of aryl methyl sites for hydroxylation is 1. The minimum Gasteiger partial charge on any atom is -0.371 e. The summed E-state index contributed by atoms with van der Waals surface area (Å²) in [5.41, 5.74) is 8.69. The van der Waals surface area contributed by atoms with Crippen LogP contribution in [0.25, 0.3) is 33.2 Å². The first-order chi connectivity index (χ1) is 19.9. The molecule has 4 heterocycles. The van der Waals surface area contributed by atoms with Gasteiger partial charge in [-0.15, -0.1) is 42.0 Å². The summed E-state index contributed by atoms with van der Waals surface area (Å²) in [6.45, 7) is 10.8.